The highest BCUT2D eigenvalue weighted by Gasteiger charge is 2.30. The number of ether oxygens (including phenoxy) is 2. The fourth-order valence-corrected chi connectivity index (χ4v) is 11.2. The Bertz CT molecular complexity index is 3220. The van der Waals surface area contributed by atoms with Crippen molar-refractivity contribution in [3.63, 3.8) is 0 Å². The zero-order valence-electron chi connectivity index (χ0n) is 54.5. The lowest BCUT2D eigenvalue weighted by molar-refractivity contribution is -0.894. The molecule has 0 aliphatic carbocycles. The monoisotopic (exact) mass is 1310 g/mol. The van der Waals surface area contributed by atoms with Crippen LogP contribution in [0, 0.1) is 0 Å². The zero-order chi connectivity index (χ0) is 68.1. The molecule has 18 nitrogen and oxygen atoms in total. The lowest BCUT2D eigenvalue weighted by Crippen LogP contribution is -2.54. The van der Waals surface area contributed by atoms with Crippen LogP contribution in [0.1, 0.15) is 54.1 Å². The number of quaternary nitrogens is 2. The lowest BCUT2D eigenvalue weighted by atomic mass is 9.99. The van der Waals surface area contributed by atoms with Crippen molar-refractivity contribution in [2.45, 2.75) is 51.6 Å². The second-order valence-electron chi connectivity index (χ2n) is 25.2. The molecule has 508 valence electrons. The first-order valence-corrected chi connectivity index (χ1v) is 31.4. The highest BCUT2D eigenvalue weighted by atomic mass is 19.4. The standard InChI is InChI=1S/2C33H43N5O2.2C2HF3O2/c2*1-38(2)18-16-37(17-19-38)25-28-7-5-9-30(21-28)33(39)35-23-26-10-11-32(40-3)31(22-26)29-8-4-6-27(20-29)24-36-14-12-34-13-15-36;2*3-2(4,5)1(6)7/h2*4-11,20-22,34H,12-19,23-25H2,1-3H3;2*(H,6,7). The summed E-state index contributed by atoms with van der Waals surface area (Å²) in [5, 5.41) is 30.7. The van der Waals surface area contributed by atoms with Crippen LogP contribution in [-0.2, 0) is 48.9 Å². The van der Waals surface area contributed by atoms with Crippen molar-refractivity contribution >= 4 is 23.8 Å². The summed E-state index contributed by atoms with van der Waals surface area (Å²) in [5.41, 5.74) is 12.8. The molecule has 4 heterocycles. The summed E-state index contributed by atoms with van der Waals surface area (Å²) in [5.74, 6) is -4.44. The van der Waals surface area contributed by atoms with E-state index in [1.807, 2.05) is 60.7 Å². The summed E-state index contributed by atoms with van der Waals surface area (Å²) in [6.45, 7) is 22.0. The van der Waals surface area contributed by atoms with E-state index >= 15 is 0 Å². The number of methoxy groups -OCH3 is 2. The number of nitrogens with one attached hydrogen (secondary N) is 4. The molecule has 4 aliphatic rings. The summed E-state index contributed by atoms with van der Waals surface area (Å²) in [6.07, 6.45) is -10.4. The van der Waals surface area contributed by atoms with Gasteiger partial charge < -0.3 is 59.5 Å². The third-order valence-electron chi connectivity index (χ3n) is 16.9. The van der Waals surface area contributed by atoms with Gasteiger partial charge in [-0.2, -0.15) is 26.3 Å². The fraction of sp³-hybridized carbons (Fsp3) is 0.429. The molecule has 94 heavy (non-hydrogen) atoms. The number of carboxylic acids is 2. The number of alkyl halides is 6. The van der Waals surface area contributed by atoms with Crippen LogP contribution in [0.3, 0.4) is 0 Å². The van der Waals surface area contributed by atoms with E-state index in [9.17, 15) is 35.9 Å². The molecule has 4 fully saturated rings. The van der Waals surface area contributed by atoms with Crippen LogP contribution in [0.25, 0.3) is 22.3 Å². The molecule has 4 saturated heterocycles. The quantitative estimate of drug-likeness (QED) is 0.0598. The van der Waals surface area contributed by atoms with E-state index in [4.69, 9.17) is 29.3 Å². The molecule has 6 aromatic carbocycles. The molecule has 0 radical (unpaired) electrons. The van der Waals surface area contributed by atoms with Crippen molar-refractivity contribution in [2.75, 3.05) is 147 Å². The molecule has 24 heteroatoms. The van der Waals surface area contributed by atoms with Crippen molar-refractivity contribution < 1.29 is 74.2 Å². The highest BCUT2D eigenvalue weighted by molar-refractivity contribution is 5.95. The second kappa shape index (κ2) is 34.5. The number of carboxylic acid groups (broad SMARTS) is 2. The predicted octanol–water partition coefficient (Wildman–Crippen LogP) is 5.78. The third-order valence-corrected chi connectivity index (χ3v) is 16.9. The van der Waals surface area contributed by atoms with Crippen molar-refractivity contribution in [1.82, 2.24) is 40.9 Å². The number of carbonyl (C=O) groups is 4. The van der Waals surface area contributed by atoms with Crippen LogP contribution in [0.15, 0.2) is 133 Å². The molecule has 10 rings (SSSR count). The Morgan fingerprint density at radius 2 is 0.734 bits per heavy atom. The maximum Gasteiger partial charge on any atom is 0.430 e. The number of nitrogens with zero attached hydrogens (tertiary/aromatic N) is 6. The van der Waals surface area contributed by atoms with Gasteiger partial charge in [-0.1, -0.05) is 72.8 Å². The first kappa shape index (κ1) is 73.5. The molecule has 6 aromatic rings. The molecule has 0 atom stereocenters. The first-order chi connectivity index (χ1) is 44.6. The van der Waals surface area contributed by atoms with E-state index in [1.54, 1.807) is 14.2 Å². The second-order valence-corrected chi connectivity index (χ2v) is 25.2. The van der Waals surface area contributed by atoms with Gasteiger partial charge in [-0.15, -0.1) is 0 Å². The predicted molar refractivity (Wildman–Crippen MR) is 345 cm³/mol. The summed E-state index contributed by atoms with van der Waals surface area (Å²) >= 11 is 0. The summed E-state index contributed by atoms with van der Waals surface area (Å²) in [6, 6.07) is 45.9. The van der Waals surface area contributed by atoms with Crippen LogP contribution in [-0.4, -0.2) is 212 Å². The minimum Gasteiger partial charge on any atom is -0.542 e. The number of aliphatic carboxylic acids is 2. The number of halogens is 6. The van der Waals surface area contributed by atoms with Gasteiger partial charge in [0.25, 0.3) is 11.8 Å². The van der Waals surface area contributed by atoms with E-state index in [0.717, 1.165) is 185 Å². The largest absolute Gasteiger partial charge is 0.542 e. The molecule has 0 unspecified atom stereocenters. The van der Waals surface area contributed by atoms with Gasteiger partial charge in [-0.3, -0.25) is 29.2 Å². The van der Waals surface area contributed by atoms with Gasteiger partial charge >= 0.3 is 12.4 Å². The average Bonchev–Trinajstić information content (AvgIpc) is 0.933. The molecule has 0 aromatic heterocycles. The normalized spacial score (nSPS) is 16.9. The molecule has 4 N–H and O–H groups in total. The number of piperazine rings is 4. The Kier molecular flexibility index (Phi) is 26.9. The molecule has 0 spiro atoms. The first-order valence-electron chi connectivity index (χ1n) is 31.4. The number of hydrogen-bond donors (Lipinski definition) is 4. The van der Waals surface area contributed by atoms with Crippen LogP contribution in [0.2, 0.25) is 0 Å². The van der Waals surface area contributed by atoms with Gasteiger partial charge in [0.1, 0.15) is 23.4 Å². The summed E-state index contributed by atoms with van der Waals surface area (Å²) in [4.78, 5) is 53.7. The maximum absolute atomic E-state index is 13.1. The minimum atomic E-state index is -5.19. The fourth-order valence-electron chi connectivity index (χ4n) is 11.2. The van der Waals surface area contributed by atoms with Gasteiger partial charge in [-0.05, 0) is 105 Å². The number of rotatable bonds is 18. The van der Waals surface area contributed by atoms with Gasteiger partial charge in [0.2, 0.25) is 0 Å². The van der Waals surface area contributed by atoms with Crippen LogP contribution >= 0.6 is 0 Å². The number of hydrogen-bond acceptors (Lipinski definition) is 14. The molecule has 0 bridgehead atoms. The number of amides is 2. The molecule has 4 aliphatic heterocycles. The van der Waals surface area contributed by atoms with Crippen LogP contribution in [0.5, 0.6) is 11.5 Å². The maximum atomic E-state index is 13.1. The number of likely N-dealkylation sites (N-methyl/N-ethyl adjacent to an activating group) is 2. The summed E-state index contributed by atoms with van der Waals surface area (Å²) in [7, 11) is 12.6. The molecular formula is C70H88F6N10O8. The van der Waals surface area contributed by atoms with Gasteiger partial charge in [-0.25, -0.2) is 0 Å². The van der Waals surface area contributed by atoms with E-state index in [1.165, 1.54) is 22.3 Å². The SMILES string of the molecule is COc1ccc(CNC(=O)c2cccc(CN3CC[N+](C)(C)CC3)c2)cc1-c1cccc(CN2CCNCC2)c1.COc1ccc(CNC(=O)c2cccc(CN3CC[N+](C)(C)CC3)c2)cc1-c1cccc(CN2CCNCC2)c1.O=C([O-])C(F)(F)F.O=C([O-])C(F)(F)F. The van der Waals surface area contributed by atoms with Crippen molar-refractivity contribution in [3.8, 4) is 33.8 Å². The third kappa shape index (κ3) is 23.8. The van der Waals surface area contributed by atoms with Crippen molar-refractivity contribution in [3.05, 3.63) is 178 Å². The van der Waals surface area contributed by atoms with Crippen LogP contribution in [0.4, 0.5) is 26.3 Å². The van der Waals surface area contributed by atoms with E-state index in [-0.39, 0.29) is 11.8 Å². The van der Waals surface area contributed by atoms with Gasteiger partial charge in [0.15, 0.2) is 0 Å². The summed E-state index contributed by atoms with van der Waals surface area (Å²) < 4.78 is 76.7. The van der Waals surface area contributed by atoms with Crippen molar-refractivity contribution in [2.24, 2.45) is 0 Å². The van der Waals surface area contributed by atoms with E-state index in [2.05, 4.69) is 142 Å². The molecule has 2 amide bonds. The number of carbonyl (C=O) groups excluding carboxylic acids is 4. The van der Waals surface area contributed by atoms with Gasteiger partial charge in [0, 0.05) is 140 Å². The number of benzene rings is 6. The molecule has 0 saturated carbocycles. The molecular weight excluding hydrogens is 1220 g/mol. The topological polar surface area (TPSA) is 194 Å². The van der Waals surface area contributed by atoms with Gasteiger partial charge in [0.05, 0.1) is 68.6 Å². The zero-order valence-corrected chi connectivity index (χ0v) is 54.5. The van der Waals surface area contributed by atoms with E-state index in [0.29, 0.717) is 24.2 Å². The van der Waals surface area contributed by atoms with Crippen molar-refractivity contribution in [1.29, 1.82) is 0 Å². The highest BCUT2D eigenvalue weighted by Crippen LogP contribution is 2.34. The minimum absolute atomic E-state index is 0.0475. The Balaban J connectivity index is 0.000000221. The Labute approximate surface area is 547 Å². The Morgan fingerprint density at radius 3 is 1.04 bits per heavy atom. The average molecular weight is 1310 g/mol. The van der Waals surface area contributed by atoms with Crippen LogP contribution < -0.4 is 41.0 Å². The Morgan fingerprint density at radius 1 is 0.436 bits per heavy atom. The Hall–Kier alpha value is -7.94. The lowest BCUT2D eigenvalue weighted by Gasteiger charge is -2.39. The van der Waals surface area contributed by atoms with E-state index < -0.39 is 24.3 Å². The smallest absolute Gasteiger partial charge is 0.430 e.